The molecule has 3 aromatic heterocycles. The van der Waals surface area contributed by atoms with E-state index in [-0.39, 0.29) is 0 Å². The first-order valence-corrected chi connectivity index (χ1v) is 6.41. The molecular weight excluding hydrogens is 242 g/mol. The Hall–Kier alpha value is -1.59. The fraction of sp³-hybridized carbons (Fsp3) is 0. The number of aromatic nitrogens is 1. The lowest BCUT2D eigenvalue weighted by atomic mass is 10.2. The van der Waals surface area contributed by atoms with Gasteiger partial charge in [0.25, 0.3) is 0 Å². The summed E-state index contributed by atoms with van der Waals surface area (Å²) in [6.07, 6.45) is 0. The Morgan fingerprint density at radius 1 is 1.06 bits per heavy atom. The van der Waals surface area contributed by atoms with Gasteiger partial charge in [-0.15, -0.1) is 22.7 Å². The normalized spacial score (nSPS) is 10.8. The van der Waals surface area contributed by atoms with Crippen LogP contribution in [0.4, 0.5) is 0 Å². The Kier molecular flexibility index (Phi) is 2.27. The van der Waals surface area contributed by atoms with E-state index in [1.807, 2.05) is 35.0 Å². The molecule has 0 radical (unpaired) electrons. The van der Waals surface area contributed by atoms with Crippen LogP contribution in [-0.2, 0) is 0 Å². The number of thiophene rings is 2. The van der Waals surface area contributed by atoms with Crippen molar-refractivity contribution in [2.24, 2.45) is 0 Å². The molecule has 3 aromatic rings. The van der Waals surface area contributed by atoms with E-state index in [1.165, 1.54) is 0 Å². The largest absolute Gasteiger partial charge is 0.417 e. The van der Waals surface area contributed by atoms with Gasteiger partial charge in [-0.25, -0.2) is 4.79 Å². The van der Waals surface area contributed by atoms with Crippen molar-refractivity contribution in [1.82, 2.24) is 4.98 Å². The van der Waals surface area contributed by atoms with Crippen LogP contribution in [0.25, 0.3) is 21.2 Å². The van der Waals surface area contributed by atoms with Crippen LogP contribution in [0.1, 0.15) is 0 Å². The lowest BCUT2D eigenvalue weighted by molar-refractivity contribution is 0.529. The lowest BCUT2D eigenvalue weighted by Gasteiger charge is -1.94. The van der Waals surface area contributed by atoms with Crippen molar-refractivity contribution in [3.05, 3.63) is 45.6 Å². The van der Waals surface area contributed by atoms with Gasteiger partial charge in [-0.05, 0) is 22.9 Å². The first kappa shape index (κ1) is 9.62. The molecule has 0 aliphatic rings. The van der Waals surface area contributed by atoms with Crippen LogP contribution in [0.2, 0.25) is 0 Å². The molecular formula is C11H7NO2S2. The Balaban J connectivity index is 2.23. The van der Waals surface area contributed by atoms with Crippen molar-refractivity contribution in [3.63, 3.8) is 0 Å². The van der Waals surface area contributed by atoms with Crippen LogP contribution in [-0.4, -0.2) is 4.98 Å². The van der Waals surface area contributed by atoms with E-state index in [2.05, 4.69) is 4.98 Å². The molecule has 1 N–H and O–H groups in total. The highest BCUT2D eigenvalue weighted by molar-refractivity contribution is 7.14. The van der Waals surface area contributed by atoms with Gasteiger partial charge in [0.1, 0.15) is 5.69 Å². The van der Waals surface area contributed by atoms with Crippen LogP contribution >= 0.6 is 22.7 Å². The van der Waals surface area contributed by atoms with E-state index >= 15 is 0 Å². The SMILES string of the molecule is O=c1[nH]c(-c2cccs2)c(-c2cccs2)o1. The molecule has 0 aliphatic carbocycles. The number of rotatable bonds is 2. The number of aromatic amines is 1. The van der Waals surface area contributed by atoms with Crippen molar-refractivity contribution < 1.29 is 4.42 Å². The quantitative estimate of drug-likeness (QED) is 0.756. The van der Waals surface area contributed by atoms with Crippen LogP contribution in [0, 0.1) is 0 Å². The van der Waals surface area contributed by atoms with Crippen LogP contribution in [0.3, 0.4) is 0 Å². The van der Waals surface area contributed by atoms with E-state index in [0.717, 1.165) is 15.4 Å². The number of hydrogen-bond acceptors (Lipinski definition) is 4. The summed E-state index contributed by atoms with van der Waals surface area (Å²) in [5.41, 5.74) is 0.766. The minimum Gasteiger partial charge on any atom is -0.406 e. The summed E-state index contributed by atoms with van der Waals surface area (Å²) in [5, 5.41) is 3.93. The topological polar surface area (TPSA) is 46.0 Å². The van der Waals surface area contributed by atoms with Gasteiger partial charge in [-0.2, -0.15) is 0 Å². The van der Waals surface area contributed by atoms with Gasteiger partial charge in [-0.3, -0.25) is 4.98 Å². The average molecular weight is 249 g/mol. The Labute approximate surface area is 99.0 Å². The summed E-state index contributed by atoms with van der Waals surface area (Å²) in [6, 6.07) is 7.78. The molecule has 0 amide bonds. The molecule has 3 heterocycles. The molecule has 0 unspecified atom stereocenters. The van der Waals surface area contributed by atoms with Gasteiger partial charge >= 0.3 is 5.76 Å². The molecule has 5 heteroatoms. The van der Waals surface area contributed by atoms with Gasteiger partial charge in [0.2, 0.25) is 0 Å². The Bertz CT molecular complexity index is 577. The highest BCUT2D eigenvalue weighted by Gasteiger charge is 2.15. The second-order valence-electron chi connectivity index (χ2n) is 3.17. The standard InChI is InChI=1S/C11H7NO2S2/c13-11-12-9(7-3-1-5-15-7)10(14-11)8-4-2-6-16-8/h1-6H,(H,12,13). The van der Waals surface area contributed by atoms with Crippen molar-refractivity contribution in [3.8, 4) is 21.2 Å². The summed E-state index contributed by atoms with van der Waals surface area (Å²) in [4.78, 5) is 16.0. The highest BCUT2D eigenvalue weighted by atomic mass is 32.1. The summed E-state index contributed by atoms with van der Waals surface area (Å²) < 4.78 is 5.19. The first-order valence-electron chi connectivity index (χ1n) is 4.65. The molecule has 80 valence electrons. The molecule has 0 saturated carbocycles. The number of oxazole rings is 1. The molecule has 3 rings (SSSR count). The smallest absolute Gasteiger partial charge is 0.406 e. The van der Waals surface area contributed by atoms with Gasteiger partial charge in [0.15, 0.2) is 5.76 Å². The van der Waals surface area contributed by atoms with Gasteiger partial charge < -0.3 is 4.42 Å². The number of hydrogen-bond donors (Lipinski definition) is 1. The third-order valence-electron chi connectivity index (χ3n) is 2.16. The second kappa shape index (κ2) is 3.77. The Morgan fingerprint density at radius 2 is 1.75 bits per heavy atom. The van der Waals surface area contributed by atoms with Crippen LogP contribution in [0.15, 0.2) is 44.2 Å². The summed E-state index contributed by atoms with van der Waals surface area (Å²) >= 11 is 3.13. The van der Waals surface area contributed by atoms with Crippen molar-refractivity contribution in [2.45, 2.75) is 0 Å². The average Bonchev–Trinajstić information content (AvgIpc) is 2.98. The maximum absolute atomic E-state index is 11.3. The van der Waals surface area contributed by atoms with E-state index < -0.39 is 5.76 Å². The molecule has 0 spiro atoms. The third kappa shape index (κ3) is 1.54. The predicted molar refractivity (Wildman–Crippen MR) is 66.0 cm³/mol. The fourth-order valence-corrected chi connectivity index (χ4v) is 2.94. The maximum Gasteiger partial charge on any atom is 0.417 e. The van der Waals surface area contributed by atoms with Crippen molar-refractivity contribution in [2.75, 3.05) is 0 Å². The van der Waals surface area contributed by atoms with Gasteiger partial charge in [0, 0.05) is 0 Å². The number of nitrogens with one attached hydrogen (secondary N) is 1. The predicted octanol–water partition coefficient (Wildman–Crippen LogP) is 3.42. The minimum atomic E-state index is -0.410. The molecule has 3 nitrogen and oxygen atoms in total. The third-order valence-corrected chi connectivity index (χ3v) is 3.92. The van der Waals surface area contributed by atoms with Crippen molar-refractivity contribution in [1.29, 1.82) is 0 Å². The van der Waals surface area contributed by atoms with Gasteiger partial charge in [-0.1, -0.05) is 12.1 Å². The van der Waals surface area contributed by atoms with Crippen molar-refractivity contribution >= 4 is 22.7 Å². The lowest BCUT2D eigenvalue weighted by Crippen LogP contribution is -1.94. The zero-order chi connectivity index (χ0) is 11.0. The second-order valence-corrected chi connectivity index (χ2v) is 5.07. The minimum absolute atomic E-state index is 0.410. The van der Waals surface area contributed by atoms with E-state index in [4.69, 9.17) is 4.42 Å². The van der Waals surface area contributed by atoms with Gasteiger partial charge in [0.05, 0.1) is 9.75 Å². The molecule has 16 heavy (non-hydrogen) atoms. The molecule has 0 aliphatic heterocycles. The molecule has 0 aromatic carbocycles. The first-order chi connectivity index (χ1) is 7.84. The number of H-pyrrole nitrogens is 1. The molecule has 0 atom stereocenters. The van der Waals surface area contributed by atoms with Crippen LogP contribution < -0.4 is 5.76 Å². The summed E-state index contributed by atoms with van der Waals surface area (Å²) in [5.74, 6) is 0.217. The zero-order valence-electron chi connectivity index (χ0n) is 8.10. The van der Waals surface area contributed by atoms with E-state index in [0.29, 0.717) is 5.76 Å². The molecule has 0 saturated heterocycles. The summed E-state index contributed by atoms with van der Waals surface area (Å²) in [7, 11) is 0. The highest BCUT2D eigenvalue weighted by Crippen LogP contribution is 2.34. The van der Waals surface area contributed by atoms with E-state index in [1.54, 1.807) is 22.7 Å². The molecule has 0 fully saturated rings. The monoisotopic (exact) mass is 249 g/mol. The summed E-state index contributed by atoms with van der Waals surface area (Å²) in [6.45, 7) is 0. The Morgan fingerprint density at radius 3 is 2.38 bits per heavy atom. The maximum atomic E-state index is 11.3. The van der Waals surface area contributed by atoms with E-state index in [9.17, 15) is 4.79 Å². The zero-order valence-corrected chi connectivity index (χ0v) is 9.73. The fourth-order valence-electron chi connectivity index (χ4n) is 1.50. The van der Waals surface area contributed by atoms with Crippen LogP contribution in [0.5, 0.6) is 0 Å². The molecule has 0 bridgehead atoms.